The Bertz CT molecular complexity index is 671. The summed E-state index contributed by atoms with van der Waals surface area (Å²) in [5, 5.41) is 5.10. The van der Waals surface area contributed by atoms with Crippen LogP contribution in [0.4, 0.5) is 0 Å². The standard InChI is InChI=1S/C17H23ClN4OS.HI/c1-12-13(2)24-16(21-12)11-20-17(19-3)22(4)9-10-23-15-7-5-14(18)6-8-15;/h5-8H,9-11H2,1-4H3,(H,19,20);1H. The molecule has 8 heteroatoms. The summed E-state index contributed by atoms with van der Waals surface area (Å²) < 4.78 is 5.71. The van der Waals surface area contributed by atoms with E-state index in [-0.39, 0.29) is 24.0 Å². The number of hydrogen-bond acceptors (Lipinski definition) is 4. The van der Waals surface area contributed by atoms with Crippen molar-refractivity contribution in [3.05, 3.63) is 44.9 Å². The third kappa shape index (κ3) is 6.99. The van der Waals surface area contributed by atoms with Crippen molar-refractivity contribution >= 4 is 52.9 Å². The van der Waals surface area contributed by atoms with Crippen LogP contribution >= 0.6 is 46.9 Å². The Labute approximate surface area is 175 Å². The number of halogens is 2. The fraction of sp³-hybridized carbons (Fsp3) is 0.412. The van der Waals surface area contributed by atoms with Gasteiger partial charge in [0.15, 0.2) is 5.96 Å². The van der Waals surface area contributed by atoms with Crippen molar-refractivity contribution in [2.45, 2.75) is 20.4 Å². The largest absolute Gasteiger partial charge is 0.492 e. The third-order valence-electron chi connectivity index (χ3n) is 3.55. The second-order valence-electron chi connectivity index (χ2n) is 5.37. The Morgan fingerprint density at radius 3 is 2.56 bits per heavy atom. The highest BCUT2D eigenvalue weighted by atomic mass is 127. The van der Waals surface area contributed by atoms with Gasteiger partial charge in [-0.1, -0.05) is 11.6 Å². The summed E-state index contributed by atoms with van der Waals surface area (Å²) in [6, 6.07) is 7.36. The van der Waals surface area contributed by atoms with Gasteiger partial charge in [-0.15, -0.1) is 35.3 Å². The molecule has 0 amide bonds. The fourth-order valence-corrected chi connectivity index (χ4v) is 3.09. The predicted octanol–water partition coefficient (Wildman–Crippen LogP) is 4.12. The van der Waals surface area contributed by atoms with E-state index >= 15 is 0 Å². The number of guanidine groups is 1. The molecule has 0 radical (unpaired) electrons. The fourth-order valence-electron chi connectivity index (χ4n) is 2.09. The summed E-state index contributed by atoms with van der Waals surface area (Å²) in [5.74, 6) is 1.63. The lowest BCUT2D eigenvalue weighted by atomic mass is 10.3. The molecule has 25 heavy (non-hydrogen) atoms. The van der Waals surface area contributed by atoms with Gasteiger partial charge in [-0.25, -0.2) is 4.98 Å². The summed E-state index contributed by atoms with van der Waals surface area (Å²) in [7, 11) is 3.76. The molecule has 0 saturated heterocycles. The van der Waals surface area contributed by atoms with E-state index < -0.39 is 0 Å². The second kappa shape index (κ2) is 10.8. The number of rotatable bonds is 6. The zero-order valence-electron chi connectivity index (χ0n) is 14.9. The normalized spacial score (nSPS) is 11.0. The van der Waals surface area contributed by atoms with Gasteiger partial charge >= 0.3 is 0 Å². The van der Waals surface area contributed by atoms with Gasteiger partial charge in [0.1, 0.15) is 17.4 Å². The van der Waals surface area contributed by atoms with E-state index in [0.717, 1.165) is 29.0 Å². The first-order valence-corrected chi connectivity index (χ1v) is 8.92. The molecule has 0 atom stereocenters. The number of likely N-dealkylation sites (N-methyl/N-ethyl adjacent to an activating group) is 1. The number of aliphatic imine (C=N–C) groups is 1. The zero-order chi connectivity index (χ0) is 17.5. The van der Waals surface area contributed by atoms with E-state index in [1.54, 1.807) is 18.4 Å². The van der Waals surface area contributed by atoms with Crippen LogP contribution in [0, 0.1) is 13.8 Å². The van der Waals surface area contributed by atoms with E-state index in [4.69, 9.17) is 16.3 Å². The van der Waals surface area contributed by atoms with Crippen molar-refractivity contribution in [1.82, 2.24) is 15.2 Å². The van der Waals surface area contributed by atoms with Crippen LogP contribution in [0.25, 0.3) is 0 Å². The number of nitrogens with one attached hydrogen (secondary N) is 1. The Kier molecular flexibility index (Phi) is 9.52. The number of aromatic nitrogens is 1. The van der Waals surface area contributed by atoms with E-state index in [2.05, 4.69) is 22.2 Å². The maximum Gasteiger partial charge on any atom is 0.193 e. The monoisotopic (exact) mass is 494 g/mol. The van der Waals surface area contributed by atoms with Gasteiger partial charge in [0.05, 0.1) is 18.8 Å². The molecule has 0 aliphatic carbocycles. The topological polar surface area (TPSA) is 49.8 Å². The Morgan fingerprint density at radius 1 is 1.32 bits per heavy atom. The lowest BCUT2D eigenvalue weighted by molar-refractivity contribution is 0.281. The van der Waals surface area contributed by atoms with Crippen LogP contribution in [-0.4, -0.2) is 43.1 Å². The van der Waals surface area contributed by atoms with E-state index in [9.17, 15) is 0 Å². The molecule has 2 rings (SSSR count). The molecular formula is C17H24ClIN4OS. The number of nitrogens with zero attached hydrogens (tertiary/aromatic N) is 3. The molecule has 0 saturated carbocycles. The molecule has 0 unspecified atom stereocenters. The van der Waals surface area contributed by atoms with Crippen LogP contribution in [0.2, 0.25) is 5.02 Å². The minimum absolute atomic E-state index is 0. The van der Waals surface area contributed by atoms with Crippen molar-refractivity contribution in [3.63, 3.8) is 0 Å². The summed E-state index contributed by atoms with van der Waals surface area (Å²) in [6.45, 7) is 6.08. The van der Waals surface area contributed by atoms with Gasteiger partial charge in [0, 0.05) is 24.0 Å². The summed E-state index contributed by atoms with van der Waals surface area (Å²) >= 11 is 7.57. The molecule has 0 aliphatic heterocycles. The first kappa shape index (κ1) is 22.0. The summed E-state index contributed by atoms with van der Waals surface area (Å²) in [5.41, 5.74) is 1.09. The van der Waals surface area contributed by atoms with Gasteiger partial charge in [-0.3, -0.25) is 4.99 Å². The second-order valence-corrected chi connectivity index (χ2v) is 7.10. The van der Waals surface area contributed by atoms with Gasteiger partial charge in [0.25, 0.3) is 0 Å². The Hall–Kier alpha value is -1.06. The predicted molar refractivity (Wildman–Crippen MR) is 117 cm³/mol. The third-order valence-corrected chi connectivity index (χ3v) is 4.88. The number of aryl methyl sites for hydroxylation is 2. The molecule has 0 fully saturated rings. The average molecular weight is 495 g/mol. The lowest BCUT2D eigenvalue weighted by Gasteiger charge is -2.21. The van der Waals surface area contributed by atoms with Gasteiger partial charge < -0.3 is 15.0 Å². The number of hydrogen-bond donors (Lipinski definition) is 1. The number of benzene rings is 1. The van der Waals surface area contributed by atoms with Crippen molar-refractivity contribution in [1.29, 1.82) is 0 Å². The molecule has 5 nitrogen and oxygen atoms in total. The highest BCUT2D eigenvalue weighted by Crippen LogP contribution is 2.16. The summed E-state index contributed by atoms with van der Waals surface area (Å²) in [4.78, 5) is 12.1. The first-order chi connectivity index (χ1) is 11.5. The highest BCUT2D eigenvalue weighted by molar-refractivity contribution is 14.0. The lowest BCUT2D eigenvalue weighted by Crippen LogP contribution is -2.40. The van der Waals surface area contributed by atoms with Crippen molar-refractivity contribution < 1.29 is 4.74 Å². The molecule has 1 N–H and O–H groups in total. The summed E-state index contributed by atoms with van der Waals surface area (Å²) in [6.07, 6.45) is 0. The van der Waals surface area contributed by atoms with Crippen LogP contribution < -0.4 is 10.1 Å². The molecule has 1 aromatic carbocycles. The molecule has 1 aromatic heterocycles. The molecule has 0 aliphatic rings. The average Bonchev–Trinajstić information content (AvgIpc) is 2.88. The van der Waals surface area contributed by atoms with Crippen LogP contribution in [0.3, 0.4) is 0 Å². The van der Waals surface area contributed by atoms with Gasteiger partial charge in [-0.05, 0) is 38.1 Å². The van der Waals surface area contributed by atoms with E-state index in [1.165, 1.54) is 4.88 Å². The smallest absolute Gasteiger partial charge is 0.193 e. The molecule has 2 aromatic rings. The SMILES string of the molecule is CN=C(NCc1nc(C)c(C)s1)N(C)CCOc1ccc(Cl)cc1.I. The van der Waals surface area contributed by atoms with Crippen molar-refractivity contribution in [3.8, 4) is 5.75 Å². The van der Waals surface area contributed by atoms with Crippen LogP contribution in [0.15, 0.2) is 29.3 Å². The molecular weight excluding hydrogens is 471 g/mol. The Balaban J connectivity index is 0.00000312. The van der Waals surface area contributed by atoms with Crippen molar-refractivity contribution in [2.24, 2.45) is 4.99 Å². The first-order valence-electron chi connectivity index (χ1n) is 7.72. The minimum atomic E-state index is 0. The molecule has 138 valence electrons. The number of thiazole rings is 1. The van der Waals surface area contributed by atoms with Crippen molar-refractivity contribution in [2.75, 3.05) is 27.2 Å². The quantitative estimate of drug-likeness (QED) is 0.373. The van der Waals surface area contributed by atoms with Crippen LogP contribution in [0.1, 0.15) is 15.6 Å². The van der Waals surface area contributed by atoms with Gasteiger partial charge in [0.2, 0.25) is 0 Å². The van der Waals surface area contributed by atoms with Gasteiger partial charge in [-0.2, -0.15) is 0 Å². The zero-order valence-corrected chi connectivity index (χ0v) is 18.8. The number of ether oxygens (including phenoxy) is 1. The van der Waals surface area contributed by atoms with Crippen LogP contribution in [-0.2, 0) is 6.54 Å². The Morgan fingerprint density at radius 2 is 2.00 bits per heavy atom. The maximum absolute atomic E-state index is 5.86. The molecule has 1 heterocycles. The minimum Gasteiger partial charge on any atom is -0.492 e. The van der Waals surface area contributed by atoms with Crippen LogP contribution in [0.5, 0.6) is 5.75 Å². The maximum atomic E-state index is 5.86. The molecule has 0 spiro atoms. The van der Waals surface area contributed by atoms with E-state index in [0.29, 0.717) is 18.2 Å². The highest BCUT2D eigenvalue weighted by Gasteiger charge is 2.08. The molecule has 0 bridgehead atoms. The van der Waals surface area contributed by atoms with E-state index in [1.807, 2.05) is 43.1 Å².